The average Bonchev–Trinajstić information content (AvgIpc) is 3.31. The molecule has 0 amide bonds. The predicted octanol–water partition coefficient (Wildman–Crippen LogP) is 18.4. The van der Waals surface area contributed by atoms with Crippen molar-refractivity contribution in [3.63, 3.8) is 0 Å². The third-order valence-corrected chi connectivity index (χ3v) is 11.7. The maximum Gasteiger partial charge on any atom is 0.306 e. The number of unbranched alkanes of at least 4 members (excludes halogenated alkanes) is 26. The molecular weight excluding hydrogens is 817 g/mol. The van der Waals surface area contributed by atoms with Gasteiger partial charge < -0.3 is 14.2 Å². The number of allylic oxidation sites excluding steroid dienone is 14. The van der Waals surface area contributed by atoms with Gasteiger partial charge >= 0.3 is 17.9 Å². The summed E-state index contributed by atoms with van der Waals surface area (Å²) in [6, 6.07) is 0. The average molecular weight is 919 g/mol. The summed E-state index contributed by atoms with van der Waals surface area (Å²) in [6.45, 7) is 6.37. The summed E-state index contributed by atoms with van der Waals surface area (Å²) < 4.78 is 16.8. The minimum absolute atomic E-state index is 0.0918. The summed E-state index contributed by atoms with van der Waals surface area (Å²) in [6.07, 6.45) is 70.0. The molecule has 0 rings (SSSR count). The van der Waals surface area contributed by atoms with Crippen molar-refractivity contribution in [1.82, 2.24) is 0 Å². The molecule has 6 heteroatoms. The van der Waals surface area contributed by atoms with E-state index in [1.165, 1.54) is 116 Å². The molecule has 0 heterocycles. The molecule has 0 saturated heterocycles. The Balaban J connectivity index is 4.43. The van der Waals surface area contributed by atoms with Gasteiger partial charge in [0.2, 0.25) is 0 Å². The van der Waals surface area contributed by atoms with Crippen LogP contribution >= 0.6 is 0 Å². The Morgan fingerprint density at radius 2 is 0.667 bits per heavy atom. The van der Waals surface area contributed by atoms with E-state index in [4.69, 9.17) is 14.2 Å². The number of hydrogen-bond donors (Lipinski definition) is 0. The zero-order valence-electron chi connectivity index (χ0n) is 43.2. The molecule has 0 bridgehead atoms. The second-order valence-corrected chi connectivity index (χ2v) is 18.1. The molecule has 0 aliphatic heterocycles. The smallest absolute Gasteiger partial charge is 0.306 e. The molecule has 0 spiro atoms. The van der Waals surface area contributed by atoms with Gasteiger partial charge in [0.15, 0.2) is 6.10 Å². The number of esters is 3. The lowest BCUT2D eigenvalue weighted by Crippen LogP contribution is -2.30. The summed E-state index contributed by atoms with van der Waals surface area (Å²) in [4.78, 5) is 38.1. The molecular formula is C60H102O6. The van der Waals surface area contributed by atoms with Gasteiger partial charge in [-0.15, -0.1) is 0 Å². The van der Waals surface area contributed by atoms with Gasteiger partial charge in [-0.3, -0.25) is 14.4 Å². The van der Waals surface area contributed by atoms with Gasteiger partial charge in [0.05, 0.1) is 0 Å². The number of rotatable bonds is 49. The molecule has 0 fully saturated rings. The highest BCUT2D eigenvalue weighted by molar-refractivity contribution is 5.71. The van der Waals surface area contributed by atoms with Crippen LogP contribution in [0.2, 0.25) is 0 Å². The topological polar surface area (TPSA) is 78.9 Å². The van der Waals surface area contributed by atoms with Crippen LogP contribution in [0.4, 0.5) is 0 Å². The molecule has 1 unspecified atom stereocenters. The lowest BCUT2D eigenvalue weighted by Gasteiger charge is -2.18. The van der Waals surface area contributed by atoms with Crippen molar-refractivity contribution in [2.45, 2.75) is 264 Å². The number of carbonyl (C=O) groups excluding carboxylic acids is 3. The quantitative estimate of drug-likeness (QED) is 0.0199. The fourth-order valence-electron chi connectivity index (χ4n) is 7.61. The van der Waals surface area contributed by atoms with E-state index in [2.05, 4.69) is 106 Å². The standard InChI is InChI=1S/C60H102O6/c1-4-7-10-13-16-19-22-25-28-30-33-35-38-41-44-47-50-53-59(62)65-56-57(55-64-58(61)52-49-46-43-40-37-34-31-27-24-21-18-15-12-9-6-3)66-60(63)54-51-48-45-42-39-36-32-29-26-23-20-17-14-11-8-5-2/h8-9,11-12,15,17-18,20-21,24,26,29,36,39,57H,4-7,10,13-14,16,19,22-23,25,27-28,30-35,37-38,40-56H2,1-3H3/b11-8-,12-9-,18-15-,20-17-,24-21-,29-26-,39-36-. The fraction of sp³-hybridized carbons (Fsp3) is 0.717. The van der Waals surface area contributed by atoms with E-state index < -0.39 is 6.10 Å². The van der Waals surface area contributed by atoms with Crippen LogP contribution in [0, 0.1) is 0 Å². The molecule has 6 nitrogen and oxygen atoms in total. The maximum atomic E-state index is 12.8. The highest BCUT2D eigenvalue weighted by Crippen LogP contribution is 2.16. The Hall–Kier alpha value is -3.41. The molecule has 0 radical (unpaired) electrons. The zero-order chi connectivity index (χ0) is 47.9. The molecule has 66 heavy (non-hydrogen) atoms. The van der Waals surface area contributed by atoms with Crippen LogP contribution in [0.3, 0.4) is 0 Å². The second-order valence-electron chi connectivity index (χ2n) is 18.1. The Bertz CT molecular complexity index is 1290. The van der Waals surface area contributed by atoms with E-state index >= 15 is 0 Å². The van der Waals surface area contributed by atoms with Gasteiger partial charge in [-0.05, 0) is 77.0 Å². The molecule has 0 saturated carbocycles. The first kappa shape index (κ1) is 62.6. The van der Waals surface area contributed by atoms with E-state index in [1.807, 2.05) is 0 Å². The lowest BCUT2D eigenvalue weighted by molar-refractivity contribution is -0.167. The van der Waals surface area contributed by atoms with Gasteiger partial charge in [0, 0.05) is 19.3 Å². The van der Waals surface area contributed by atoms with E-state index in [-0.39, 0.29) is 37.5 Å². The van der Waals surface area contributed by atoms with E-state index in [9.17, 15) is 14.4 Å². The van der Waals surface area contributed by atoms with Crippen LogP contribution < -0.4 is 0 Å². The number of hydrogen-bond acceptors (Lipinski definition) is 6. The van der Waals surface area contributed by atoms with E-state index in [1.54, 1.807) is 0 Å². The van der Waals surface area contributed by atoms with Crippen LogP contribution in [-0.4, -0.2) is 37.2 Å². The minimum atomic E-state index is -0.797. The SMILES string of the molecule is CC\C=C/C=C\C=C/CCCCCCCCCC(=O)OCC(COC(=O)CCCCCCCCCCCCCCCCCCC)OC(=O)CCCCC/C=C\C/C=C\C/C=C\C/C=C\CC. The van der Waals surface area contributed by atoms with Gasteiger partial charge in [-0.2, -0.15) is 0 Å². The zero-order valence-corrected chi connectivity index (χ0v) is 43.2. The van der Waals surface area contributed by atoms with Crippen molar-refractivity contribution >= 4 is 17.9 Å². The monoisotopic (exact) mass is 919 g/mol. The van der Waals surface area contributed by atoms with Crippen molar-refractivity contribution < 1.29 is 28.6 Å². The highest BCUT2D eigenvalue weighted by Gasteiger charge is 2.19. The number of carbonyl (C=O) groups is 3. The normalized spacial score (nSPS) is 12.7. The summed E-state index contributed by atoms with van der Waals surface area (Å²) >= 11 is 0. The largest absolute Gasteiger partial charge is 0.462 e. The Morgan fingerprint density at radius 1 is 0.333 bits per heavy atom. The predicted molar refractivity (Wildman–Crippen MR) is 284 cm³/mol. The molecule has 1 atom stereocenters. The van der Waals surface area contributed by atoms with E-state index in [0.717, 1.165) is 103 Å². The lowest BCUT2D eigenvalue weighted by atomic mass is 10.0. The van der Waals surface area contributed by atoms with Crippen molar-refractivity contribution in [3.05, 3.63) is 85.1 Å². The van der Waals surface area contributed by atoms with Crippen LogP contribution in [0.1, 0.15) is 258 Å². The molecule has 0 aliphatic carbocycles. The van der Waals surface area contributed by atoms with Crippen LogP contribution in [0.15, 0.2) is 85.1 Å². The Morgan fingerprint density at radius 3 is 1.11 bits per heavy atom. The van der Waals surface area contributed by atoms with Crippen LogP contribution in [0.25, 0.3) is 0 Å². The molecule has 0 aromatic rings. The third-order valence-electron chi connectivity index (χ3n) is 11.7. The van der Waals surface area contributed by atoms with E-state index in [0.29, 0.717) is 12.8 Å². The highest BCUT2D eigenvalue weighted by atomic mass is 16.6. The van der Waals surface area contributed by atoms with Gasteiger partial charge in [0.1, 0.15) is 13.2 Å². The van der Waals surface area contributed by atoms with Crippen molar-refractivity contribution in [2.75, 3.05) is 13.2 Å². The van der Waals surface area contributed by atoms with Gasteiger partial charge in [-0.25, -0.2) is 0 Å². The first-order chi connectivity index (χ1) is 32.5. The van der Waals surface area contributed by atoms with Crippen LogP contribution in [-0.2, 0) is 28.6 Å². The van der Waals surface area contributed by atoms with Gasteiger partial charge in [0.25, 0.3) is 0 Å². The molecule has 378 valence electrons. The van der Waals surface area contributed by atoms with Gasteiger partial charge in [-0.1, -0.05) is 247 Å². The minimum Gasteiger partial charge on any atom is -0.462 e. The third kappa shape index (κ3) is 51.6. The molecule has 0 N–H and O–H groups in total. The summed E-state index contributed by atoms with van der Waals surface area (Å²) in [5.41, 5.74) is 0. The summed E-state index contributed by atoms with van der Waals surface area (Å²) in [5.74, 6) is -0.930. The second kappa shape index (κ2) is 54.2. The first-order valence-electron chi connectivity index (χ1n) is 27.6. The molecule has 0 aromatic heterocycles. The number of ether oxygens (including phenoxy) is 3. The summed E-state index contributed by atoms with van der Waals surface area (Å²) in [7, 11) is 0. The van der Waals surface area contributed by atoms with Crippen molar-refractivity contribution in [3.8, 4) is 0 Å². The van der Waals surface area contributed by atoms with Crippen molar-refractivity contribution in [1.29, 1.82) is 0 Å². The first-order valence-corrected chi connectivity index (χ1v) is 27.6. The Labute approximate surface area is 407 Å². The molecule has 0 aromatic carbocycles. The van der Waals surface area contributed by atoms with Crippen molar-refractivity contribution in [2.24, 2.45) is 0 Å². The summed E-state index contributed by atoms with van der Waals surface area (Å²) in [5, 5.41) is 0. The van der Waals surface area contributed by atoms with Crippen LogP contribution in [0.5, 0.6) is 0 Å². The molecule has 0 aliphatic rings. The Kier molecular flexibility index (Phi) is 51.4. The fourth-order valence-corrected chi connectivity index (χ4v) is 7.61. The maximum absolute atomic E-state index is 12.8.